The van der Waals surface area contributed by atoms with Crippen LogP contribution in [-0.2, 0) is 20.2 Å². The van der Waals surface area contributed by atoms with Crippen LogP contribution < -0.4 is 59.1 Å². The molecule has 0 aromatic heterocycles. The first-order valence-electron chi connectivity index (χ1n) is 0.833. The number of rotatable bonds is 1. The fourth-order valence-corrected chi connectivity index (χ4v) is 0. The Kier molecular flexibility index (Phi) is 34.9. The second-order valence-corrected chi connectivity index (χ2v) is 2.86. The molecule has 4 nitrogen and oxygen atoms in total. The zero-order valence-corrected chi connectivity index (χ0v) is 10.1. The molecule has 0 saturated heterocycles. The maximum atomic E-state index is 9.09. The molecule has 0 heterocycles. The minimum atomic E-state index is -2.95. The van der Waals surface area contributed by atoms with Crippen LogP contribution in [0, 0.1) is 0 Å². The van der Waals surface area contributed by atoms with Gasteiger partial charge in [0.15, 0.2) is 0 Å². The average molecular weight is 198 g/mol. The quantitative estimate of drug-likeness (QED) is 0.238. The van der Waals surface area contributed by atoms with Gasteiger partial charge in [0.05, 0.1) is 0 Å². The first-order valence-corrected chi connectivity index (χ1v) is 3.50. The molecule has 0 N–H and O–H groups in total. The summed E-state index contributed by atoms with van der Waals surface area (Å²) in [6.07, 6.45) is 0. The Morgan fingerprint density at radius 3 is 1.00 bits per heavy atom. The van der Waals surface area contributed by atoms with Crippen LogP contribution in [0.15, 0.2) is 0 Å². The summed E-state index contributed by atoms with van der Waals surface area (Å²) in [4.78, 5) is 0. The Labute approximate surface area is 124 Å². The van der Waals surface area contributed by atoms with Gasteiger partial charge in [-0.25, -0.2) is 0 Å². The summed E-state index contributed by atoms with van der Waals surface area (Å²) < 4.78 is 36.3. The second-order valence-electron chi connectivity index (χ2n) is 0.408. The first-order chi connectivity index (χ1) is 2.64. The summed E-state index contributed by atoms with van der Waals surface area (Å²) in [6, 6.07) is 0. The van der Waals surface area contributed by atoms with E-state index in [2.05, 4.69) is 0 Å². The first kappa shape index (κ1) is 22.8. The zero-order chi connectivity index (χ0) is 5.15. The van der Waals surface area contributed by atoms with Crippen LogP contribution in [0.4, 0.5) is 0 Å². The molecule has 0 aliphatic heterocycles. The van der Waals surface area contributed by atoms with E-state index in [9.17, 15) is 0 Å². The van der Waals surface area contributed by atoms with Crippen LogP contribution in [0.1, 0.15) is 0 Å². The van der Waals surface area contributed by atoms with E-state index < -0.39 is 20.2 Å². The summed E-state index contributed by atoms with van der Waals surface area (Å²) in [6.45, 7) is 0. The fourth-order valence-electron chi connectivity index (χ4n) is 0. The Bertz CT molecular complexity index is 79.8. The number of hydrogen-bond donors (Lipinski definition) is 0. The molecule has 0 amide bonds. The summed E-state index contributed by atoms with van der Waals surface area (Å²) in [7, 11) is -5.90. The Morgan fingerprint density at radius 1 is 0.889 bits per heavy atom. The predicted octanol–water partition coefficient (Wildman–Crippen LogP) is -7.98. The molecule has 0 bridgehead atoms. The third-order valence-corrected chi connectivity index (χ3v) is 1.00. The van der Waals surface area contributed by atoms with Gasteiger partial charge in [-0.2, -0.15) is 0 Å². The fraction of sp³-hybridized carbons (Fsp3) is 0. The van der Waals surface area contributed by atoms with Crippen molar-refractivity contribution in [2.45, 2.75) is 0 Å². The van der Waals surface area contributed by atoms with E-state index in [0.717, 1.165) is 0 Å². The van der Waals surface area contributed by atoms with Crippen LogP contribution in [0.5, 0.6) is 0 Å². The average Bonchev–Trinajstić information content (AvgIpc) is 1.36. The van der Waals surface area contributed by atoms with Crippen LogP contribution in [0.3, 0.4) is 0 Å². The van der Waals surface area contributed by atoms with E-state index in [-0.39, 0.29) is 88.7 Å². The standard InChI is InChI=1S/3Na.H2O4S2.H/c;;;1-5(2)6(3)4;/h;;;(H,1,2)(H,3,4);/q;2*+1;;/p-2. The van der Waals surface area contributed by atoms with Crippen molar-refractivity contribution in [2.75, 3.05) is 0 Å². The Hall–Kier alpha value is 3.22. The van der Waals surface area contributed by atoms with Crippen LogP contribution in [-0.4, -0.2) is 47.1 Å². The van der Waals surface area contributed by atoms with Crippen molar-refractivity contribution in [3.8, 4) is 0 Å². The molecule has 0 fully saturated rings. The Morgan fingerprint density at radius 2 is 1.00 bits per heavy atom. The zero-order valence-electron chi connectivity index (χ0n) is 4.45. The van der Waals surface area contributed by atoms with Gasteiger partial charge in [-0.1, -0.05) is 0 Å². The SMILES string of the molecule is O=S([O-])S(=O)[O-].[Na+].[Na+].[NaH]. The minimum absolute atomic E-state index is 0. The van der Waals surface area contributed by atoms with E-state index >= 15 is 0 Å². The topological polar surface area (TPSA) is 80.3 Å². The summed E-state index contributed by atoms with van der Waals surface area (Å²) in [5, 5.41) is 0. The van der Waals surface area contributed by atoms with Gasteiger partial charge in [0.1, 0.15) is 0 Å². The van der Waals surface area contributed by atoms with E-state index in [4.69, 9.17) is 17.5 Å². The monoisotopic (exact) mass is 198 g/mol. The van der Waals surface area contributed by atoms with Crippen molar-refractivity contribution in [3.63, 3.8) is 0 Å². The molecule has 0 aliphatic rings. The normalized spacial score (nSPS) is 13.1. The molecule has 0 aliphatic carbocycles. The molecule has 9 heteroatoms. The predicted molar refractivity (Wildman–Crippen MR) is 25.0 cm³/mol. The maximum absolute atomic E-state index is 9.09. The molecular formula is HNa3O4S2. The van der Waals surface area contributed by atoms with Crippen molar-refractivity contribution in [1.82, 2.24) is 0 Å². The van der Waals surface area contributed by atoms with E-state index in [1.54, 1.807) is 0 Å². The van der Waals surface area contributed by atoms with Crippen molar-refractivity contribution in [2.24, 2.45) is 0 Å². The third-order valence-electron chi connectivity index (χ3n) is 0.111. The van der Waals surface area contributed by atoms with Crippen molar-refractivity contribution in [3.05, 3.63) is 0 Å². The van der Waals surface area contributed by atoms with Gasteiger partial charge in [0.2, 0.25) is 0 Å². The van der Waals surface area contributed by atoms with Crippen LogP contribution in [0.2, 0.25) is 0 Å². The van der Waals surface area contributed by atoms with Crippen molar-refractivity contribution >= 4 is 49.8 Å². The molecule has 0 rings (SSSR count). The number of hydrogen-bond acceptors (Lipinski definition) is 4. The molecule has 9 heavy (non-hydrogen) atoms. The van der Waals surface area contributed by atoms with Gasteiger partial charge in [0.25, 0.3) is 0 Å². The molecule has 40 valence electrons. The molecule has 2 unspecified atom stereocenters. The van der Waals surface area contributed by atoms with E-state index in [1.165, 1.54) is 0 Å². The Balaban J connectivity index is -0.0000000417. The van der Waals surface area contributed by atoms with E-state index in [1.807, 2.05) is 0 Å². The van der Waals surface area contributed by atoms with Crippen LogP contribution >= 0.6 is 0 Å². The third kappa shape index (κ3) is 18.3. The molecule has 0 saturated carbocycles. The van der Waals surface area contributed by atoms with Gasteiger partial charge in [-0.05, 0) is 0 Å². The summed E-state index contributed by atoms with van der Waals surface area (Å²) >= 11 is 0. The molecule has 0 aromatic rings. The van der Waals surface area contributed by atoms with Gasteiger partial charge in [0, 0.05) is 20.2 Å². The summed E-state index contributed by atoms with van der Waals surface area (Å²) in [5.74, 6) is 0. The molecule has 0 radical (unpaired) electrons. The molecule has 0 aromatic carbocycles. The van der Waals surface area contributed by atoms with Crippen molar-refractivity contribution < 1.29 is 76.6 Å². The molecular weight excluding hydrogens is 197 g/mol. The molecule has 2 atom stereocenters. The molecule has 0 spiro atoms. The second kappa shape index (κ2) is 13.8. The van der Waals surface area contributed by atoms with Gasteiger partial charge in [-0.15, -0.1) is 0 Å². The van der Waals surface area contributed by atoms with Gasteiger partial charge < -0.3 is 9.11 Å². The van der Waals surface area contributed by atoms with Crippen LogP contribution in [0.25, 0.3) is 0 Å². The van der Waals surface area contributed by atoms with Crippen molar-refractivity contribution in [1.29, 1.82) is 0 Å². The van der Waals surface area contributed by atoms with Gasteiger partial charge >= 0.3 is 88.7 Å². The van der Waals surface area contributed by atoms with Gasteiger partial charge in [-0.3, -0.25) is 8.42 Å². The van der Waals surface area contributed by atoms with E-state index in [0.29, 0.717) is 0 Å². The summed E-state index contributed by atoms with van der Waals surface area (Å²) in [5.41, 5.74) is 0.